The molecule has 0 fully saturated rings. The van der Waals surface area contributed by atoms with Gasteiger partial charge in [0.2, 0.25) is 18.6 Å². The first kappa shape index (κ1) is 18.7. The maximum atomic E-state index is 12.3. The Hall–Kier alpha value is -3.06. The quantitative estimate of drug-likeness (QED) is 0.818. The van der Waals surface area contributed by atoms with Crippen LogP contribution in [0, 0.1) is 13.8 Å². The molecule has 0 aromatic heterocycles. The van der Waals surface area contributed by atoms with E-state index >= 15 is 0 Å². The molecule has 0 atom stereocenters. The van der Waals surface area contributed by atoms with Crippen molar-refractivity contribution in [3.05, 3.63) is 47.5 Å². The minimum atomic E-state index is -0.212. The summed E-state index contributed by atoms with van der Waals surface area (Å²) in [6, 6.07) is 11.1. The second-order valence-corrected chi connectivity index (χ2v) is 6.60. The van der Waals surface area contributed by atoms with Gasteiger partial charge in [0.15, 0.2) is 11.5 Å². The number of likely N-dealkylation sites (N-methyl/N-ethyl adjacent to an activating group) is 1. The van der Waals surface area contributed by atoms with Crippen LogP contribution in [0.5, 0.6) is 11.5 Å². The van der Waals surface area contributed by atoms with Gasteiger partial charge < -0.3 is 20.1 Å². The third-order valence-electron chi connectivity index (χ3n) is 4.23. The zero-order valence-electron chi connectivity index (χ0n) is 15.7. The molecule has 0 saturated heterocycles. The molecule has 0 bridgehead atoms. The summed E-state index contributed by atoms with van der Waals surface area (Å²) in [6.07, 6.45) is 0. The summed E-state index contributed by atoms with van der Waals surface area (Å²) in [7, 11) is 1.73. The van der Waals surface area contributed by atoms with Crippen molar-refractivity contribution >= 4 is 23.2 Å². The Morgan fingerprint density at radius 1 is 0.963 bits per heavy atom. The second-order valence-electron chi connectivity index (χ2n) is 6.60. The number of carbonyl (C=O) groups excluding carboxylic acids is 2. The minimum absolute atomic E-state index is 0.0919. The lowest BCUT2D eigenvalue weighted by Gasteiger charge is -2.17. The van der Waals surface area contributed by atoms with E-state index < -0.39 is 0 Å². The Kier molecular flexibility index (Phi) is 5.61. The Morgan fingerprint density at radius 2 is 1.59 bits per heavy atom. The zero-order chi connectivity index (χ0) is 19.4. The predicted molar refractivity (Wildman–Crippen MR) is 103 cm³/mol. The molecule has 1 aliphatic rings. The van der Waals surface area contributed by atoms with Gasteiger partial charge in [-0.25, -0.2) is 0 Å². The molecular formula is C20H23N3O4. The normalized spacial score (nSPS) is 12.1. The van der Waals surface area contributed by atoms with Crippen molar-refractivity contribution in [2.45, 2.75) is 13.8 Å². The van der Waals surface area contributed by atoms with E-state index in [0.717, 1.165) is 16.8 Å². The molecule has 0 radical (unpaired) electrons. The smallest absolute Gasteiger partial charge is 0.238 e. The Labute approximate surface area is 158 Å². The van der Waals surface area contributed by atoms with Crippen LogP contribution in [0.4, 0.5) is 11.4 Å². The molecular weight excluding hydrogens is 346 g/mol. The molecule has 142 valence electrons. The molecule has 0 saturated carbocycles. The number of hydrogen-bond donors (Lipinski definition) is 2. The number of para-hydroxylation sites is 1. The van der Waals surface area contributed by atoms with E-state index in [1.165, 1.54) is 0 Å². The van der Waals surface area contributed by atoms with Gasteiger partial charge in [-0.15, -0.1) is 0 Å². The molecule has 0 unspecified atom stereocenters. The lowest BCUT2D eigenvalue weighted by molar-refractivity contribution is -0.119. The Balaban J connectivity index is 1.50. The van der Waals surface area contributed by atoms with Crippen molar-refractivity contribution in [2.75, 3.05) is 37.6 Å². The van der Waals surface area contributed by atoms with Gasteiger partial charge in [-0.3, -0.25) is 14.5 Å². The molecule has 2 amide bonds. The number of benzene rings is 2. The lowest BCUT2D eigenvalue weighted by Crippen LogP contribution is -2.36. The fourth-order valence-corrected chi connectivity index (χ4v) is 2.91. The number of amides is 2. The predicted octanol–water partition coefficient (Wildman–Crippen LogP) is 2.54. The van der Waals surface area contributed by atoms with Gasteiger partial charge in [-0.2, -0.15) is 0 Å². The number of hydrogen-bond acceptors (Lipinski definition) is 5. The average Bonchev–Trinajstić information content (AvgIpc) is 3.05. The standard InChI is InChI=1S/C20H23N3O4/c1-13-5-4-6-14(2)20(13)22-19(25)11-23(3)10-18(24)21-15-7-8-16-17(9-15)27-12-26-16/h4-9H,10-12H2,1-3H3,(H,21,24)(H,22,25). The van der Waals surface area contributed by atoms with Crippen LogP contribution in [0.25, 0.3) is 0 Å². The first-order valence-corrected chi connectivity index (χ1v) is 8.66. The number of fused-ring (bicyclic) bond motifs is 1. The first-order chi connectivity index (χ1) is 12.9. The van der Waals surface area contributed by atoms with Crippen LogP contribution in [0.15, 0.2) is 36.4 Å². The van der Waals surface area contributed by atoms with Crippen LogP contribution in [0.3, 0.4) is 0 Å². The largest absolute Gasteiger partial charge is 0.454 e. The highest BCUT2D eigenvalue weighted by Gasteiger charge is 2.16. The maximum absolute atomic E-state index is 12.3. The van der Waals surface area contributed by atoms with Gasteiger partial charge >= 0.3 is 0 Å². The fourth-order valence-electron chi connectivity index (χ4n) is 2.91. The van der Waals surface area contributed by atoms with E-state index in [0.29, 0.717) is 17.2 Å². The van der Waals surface area contributed by atoms with Gasteiger partial charge in [0.05, 0.1) is 13.1 Å². The molecule has 2 N–H and O–H groups in total. The monoisotopic (exact) mass is 369 g/mol. The summed E-state index contributed by atoms with van der Waals surface area (Å²) in [4.78, 5) is 26.2. The van der Waals surface area contributed by atoms with Gasteiger partial charge in [-0.1, -0.05) is 18.2 Å². The summed E-state index contributed by atoms with van der Waals surface area (Å²) in [5.74, 6) is 0.893. The highest BCUT2D eigenvalue weighted by molar-refractivity contribution is 5.95. The summed E-state index contributed by atoms with van der Waals surface area (Å²) in [5, 5.41) is 5.71. The molecule has 1 aliphatic heterocycles. The SMILES string of the molecule is Cc1cccc(C)c1NC(=O)CN(C)CC(=O)Nc1ccc2c(c1)OCO2. The Morgan fingerprint density at radius 3 is 2.30 bits per heavy atom. The van der Waals surface area contributed by atoms with E-state index in [1.54, 1.807) is 30.1 Å². The molecule has 27 heavy (non-hydrogen) atoms. The summed E-state index contributed by atoms with van der Waals surface area (Å²) in [6.45, 7) is 4.29. The van der Waals surface area contributed by atoms with E-state index in [-0.39, 0.29) is 31.7 Å². The molecule has 7 heteroatoms. The van der Waals surface area contributed by atoms with Crippen LogP contribution >= 0.6 is 0 Å². The summed E-state index contributed by atoms with van der Waals surface area (Å²) >= 11 is 0. The fraction of sp³-hybridized carbons (Fsp3) is 0.300. The van der Waals surface area contributed by atoms with E-state index in [4.69, 9.17) is 9.47 Å². The number of nitrogens with one attached hydrogen (secondary N) is 2. The molecule has 3 rings (SSSR count). The van der Waals surface area contributed by atoms with Crippen molar-refractivity contribution < 1.29 is 19.1 Å². The van der Waals surface area contributed by atoms with E-state index in [9.17, 15) is 9.59 Å². The molecule has 0 spiro atoms. The molecule has 7 nitrogen and oxygen atoms in total. The summed E-state index contributed by atoms with van der Waals surface area (Å²) in [5.41, 5.74) is 3.46. The third-order valence-corrected chi connectivity index (χ3v) is 4.23. The average molecular weight is 369 g/mol. The van der Waals surface area contributed by atoms with Crippen LogP contribution in [0.1, 0.15) is 11.1 Å². The number of ether oxygens (including phenoxy) is 2. The summed E-state index contributed by atoms with van der Waals surface area (Å²) < 4.78 is 10.5. The van der Waals surface area contributed by atoms with Crippen LogP contribution in [-0.2, 0) is 9.59 Å². The van der Waals surface area contributed by atoms with Gasteiger partial charge in [-0.05, 0) is 44.2 Å². The van der Waals surface area contributed by atoms with Crippen LogP contribution < -0.4 is 20.1 Å². The highest BCUT2D eigenvalue weighted by Crippen LogP contribution is 2.34. The first-order valence-electron chi connectivity index (χ1n) is 8.66. The van der Waals surface area contributed by atoms with E-state index in [2.05, 4.69) is 10.6 Å². The van der Waals surface area contributed by atoms with Crippen molar-refractivity contribution in [1.82, 2.24) is 4.90 Å². The van der Waals surface area contributed by atoms with Crippen LogP contribution in [-0.4, -0.2) is 43.6 Å². The van der Waals surface area contributed by atoms with Crippen molar-refractivity contribution in [1.29, 1.82) is 0 Å². The number of aryl methyl sites for hydroxylation is 2. The van der Waals surface area contributed by atoms with Crippen molar-refractivity contribution in [2.24, 2.45) is 0 Å². The van der Waals surface area contributed by atoms with E-state index in [1.807, 2.05) is 32.0 Å². The van der Waals surface area contributed by atoms with Crippen molar-refractivity contribution in [3.8, 4) is 11.5 Å². The third kappa shape index (κ3) is 4.77. The number of nitrogens with zero attached hydrogens (tertiary/aromatic N) is 1. The van der Waals surface area contributed by atoms with Gasteiger partial charge in [0.25, 0.3) is 0 Å². The minimum Gasteiger partial charge on any atom is -0.454 e. The molecule has 2 aromatic rings. The number of anilines is 2. The molecule has 0 aliphatic carbocycles. The number of rotatable bonds is 6. The molecule has 1 heterocycles. The van der Waals surface area contributed by atoms with Gasteiger partial charge in [0, 0.05) is 17.4 Å². The Bertz CT molecular complexity index is 846. The zero-order valence-corrected chi connectivity index (χ0v) is 15.7. The topological polar surface area (TPSA) is 79.9 Å². The lowest BCUT2D eigenvalue weighted by atomic mass is 10.1. The van der Waals surface area contributed by atoms with Crippen molar-refractivity contribution in [3.63, 3.8) is 0 Å². The maximum Gasteiger partial charge on any atom is 0.238 e. The second kappa shape index (κ2) is 8.09. The highest BCUT2D eigenvalue weighted by atomic mass is 16.7. The molecule has 2 aromatic carbocycles. The number of carbonyl (C=O) groups is 2. The van der Waals surface area contributed by atoms with Crippen LogP contribution in [0.2, 0.25) is 0 Å². The van der Waals surface area contributed by atoms with Gasteiger partial charge in [0.1, 0.15) is 0 Å².